The smallest absolute Gasteiger partial charge is 0.123 e. The number of hydrogen-bond donors (Lipinski definition) is 1. The van der Waals surface area contributed by atoms with Crippen molar-refractivity contribution in [3.05, 3.63) is 35.3 Å². The normalized spacial score (nSPS) is 16.6. The van der Waals surface area contributed by atoms with Gasteiger partial charge >= 0.3 is 0 Å². The van der Waals surface area contributed by atoms with Crippen LogP contribution >= 0.6 is 11.3 Å². The summed E-state index contributed by atoms with van der Waals surface area (Å²) < 4.78 is 5.14. The van der Waals surface area contributed by atoms with Crippen molar-refractivity contribution in [3.63, 3.8) is 0 Å². The molecule has 0 unspecified atom stereocenters. The van der Waals surface area contributed by atoms with Crippen molar-refractivity contribution in [1.29, 1.82) is 0 Å². The first kappa shape index (κ1) is 11.7. The van der Waals surface area contributed by atoms with Crippen molar-refractivity contribution >= 4 is 11.3 Å². The summed E-state index contributed by atoms with van der Waals surface area (Å²) in [5.74, 6) is 0.851. The Hall–Kier alpha value is -1.39. The number of aliphatic hydroxyl groups excluding tert-OH is 1. The summed E-state index contributed by atoms with van der Waals surface area (Å²) in [6.45, 7) is 0.207. The van der Waals surface area contributed by atoms with Gasteiger partial charge < -0.3 is 9.84 Å². The van der Waals surface area contributed by atoms with E-state index >= 15 is 0 Å². The zero-order valence-electron chi connectivity index (χ0n) is 10.2. The number of ether oxygens (including phenoxy) is 1. The Morgan fingerprint density at radius 2 is 2.06 bits per heavy atom. The van der Waals surface area contributed by atoms with Crippen LogP contribution < -0.4 is 4.74 Å². The lowest BCUT2D eigenvalue weighted by Crippen LogP contribution is -2.11. The highest BCUT2D eigenvalue weighted by Crippen LogP contribution is 2.48. The second-order valence-electron chi connectivity index (χ2n) is 4.70. The van der Waals surface area contributed by atoms with Crippen LogP contribution in [-0.2, 0) is 5.41 Å². The van der Waals surface area contributed by atoms with Crippen molar-refractivity contribution in [3.8, 4) is 16.3 Å². The fraction of sp³-hybridized carbons (Fsp3) is 0.357. The zero-order chi connectivity index (χ0) is 12.6. The summed E-state index contributed by atoms with van der Waals surface area (Å²) >= 11 is 1.64. The van der Waals surface area contributed by atoms with Crippen molar-refractivity contribution in [2.45, 2.75) is 18.3 Å². The van der Waals surface area contributed by atoms with Crippen LogP contribution in [-0.4, -0.2) is 23.8 Å². The Morgan fingerprint density at radius 1 is 1.33 bits per heavy atom. The molecule has 0 bridgehead atoms. The molecule has 0 amide bonds. The van der Waals surface area contributed by atoms with Crippen molar-refractivity contribution < 1.29 is 9.84 Å². The first-order valence-corrected chi connectivity index (χ1v) is 6.87. The monoisotopic (exact) mass is 261 g/mol. The molecule has 3 rings (SSSR count). The van der Waals surface area contributed by atoms with Crippen molar-refractivity contribution in [1.82, 2.24) is 4.98 Å². The molecule has 2 aromatic rings. The van der Waals surface area contributed by atoms with E-state index in [2.05, 4.69) is 10.4 Å². The van der Waals surface area contributed by atoms with Gasteiger partial charge in [-0.3, -0.25) is 0 Å². The predicted molar refractivity (Wildman–Crippen MR) is 72.1 cm³/mol. The predicted octanol–water partition coefficient (Wildman–Crippen LogP) is 2.84. The van der Waals surface area contributed by atoms with E-state index < -0.39 is 0 Å². The van der Waals surface area contributed by atoms with Gasteiger partial charge in [-0.05, 0) is 37.1 Å². The summed E-state index contributed by atoms with van der Waals surface area (Å²) in [6, 6.07) is 7.91. The quantitative estimate of drug-likeness (QED) is 0.920. The van der Waals surface area contributed by atoms with Gasteiger partial charge in [0.2, 0.25) is 0 Å². The number of aliphatic hydroxyl groups is 1. The third-order valence-electron chi connectivity index (χ3n) is 3.54. The summed E-state index contributed by atoms with van der Waals surface area (Å²) in [6.07, 6.45) is 2.10. The third kappa shape index (κ3) is 1.91. The minimum Gasteiger partial charge on any atom is -0.497 e. The average molecular weight is 261 g/mol. The lowest BCUT2D eigenvalue weighted by molar-refractivity contribution is 0.253. The number of benzene rings is 1. The van der Waals surface area contributed by atoms with Gasteiger partial charge in [0, 0.05) is 16.4 Å². The van der Waals surface area contributed by atoms with Crippen LogP contribution in [0.5, 0.6) is 5.75 Å². The van der Waals surface area contributed by atoms with Crippen LogP contribution in [0.15, 0.2) is 29.6 Å². The molecule has 1 fully saturated rings. The van der Waals surface area contributed by atoms with Crippen LogP contribution in [0.2, 0.25) is 0 Å². The second-order valence-corrected chi connectivity index (χ2v) is 5.56. The highest BCUT2D eigenvalue weighted by atomic mass is 32.1. The molecule has 0 aliphatic heterocycles. The van der Waals surface area contributed by atoms with Gasteiger partial charge in [0.1, 0.15) is 10.8 Å². The highest BCUT2D eigenvalue weighted by Gasteiger charge is 2.45. The lowest BCUT2D eigenvalue weighted by atomic mass is 10.1. The maximum Gasteiger partial charge on any atom is 0.123 e. The van der Waals surface area contributed by atoms with Gasteiger partial charge in [-0.15, -0.1) is 11.3 Å². The number of methoxy groups -OCH3 is 1. The number of thiazole rings is 1. The molecule has 0 atom stereocenters. The van der Waals surface area contributed by atoms with Gasteiger partial charge in [-0.2, -0.15) is 0 Å². The van der Waals surface area contributed by atoms with E-state index in [9.17, 15) is 5.11 Å². The summed E-state index contributed by atoms with van der Waals surface area (Å²) in [7, 11) is 1.66. The second kappa shape index (κ2) is 4.37. The molecular weight excluding hydrogens is 246 g/mol. The number of nitrogens with zero attached hydrogens (tertiary/aromatic N) is 1. The molecule has 0 saturated heterocycles. The third-order valence-corrected chi connectivity index (χ3v) is 4.43. The van der Waals surface area contributed by atoms with Gasteiger partial charge in [-0.1, -0.05) is 0 Å². The molecule has 94 valence electrons. The molecule has 18 heavy (non-hydrogen) atoms. The fourth-order valence-corrected chi connectivity index (χ4v) is 2.98. The van der Waals surface area contributed by atoms with Crippen LogP contribution in [0.3, 0.4) is 0 Å². The number of hydrogen-bond acceptors (Lipinski definition) is 4. The van der Waals surface area contributed by atoms with Gasteiger partial charge in [0.15, 0.2) is 0 Å². The molecule has 0 radical (unpaired) electrons. The van der Waals surface area contributed by atoms with E-state index in [1.54, 1.807) is 18.4 Å². The summed E-state index contributed by atoms with van der Waals surface area (Å²) in [5, 5.41) is 12.5. The van der Waals surface area contributed by atoms with Gasteiger partial charge in [-0.25, -0.2) is 4.98 Å². The Labute approximate surface area is 110 Å². The van der Waals surface area contributed by atoms with E-state index in [4.69, 9.17) is 4.74 Å². The van der Waals surface area contributed by atoms with E-state index in [1.165, 1.54) is 0 Å². The van der Waals surface area contributed by atoms with Crippen LogP contribution in [0.25, 0.3) is 10.6 Å². The van der Waals surface area contributed by atoms with E-state index in [1.807, 2.05) is 24.3 Å². The Morgan fingerprint density at radius 3 is 2.61 bits per heavy atom. The van der Waals surface area contributed by atoms with Crippen LogP contribution in [0, 0.1) is 0 Å². The molecule has 1 aromatic carbocycles. The van der Waals surface area contributed by atoms with E-state index in [0.29, 0.717) is 0 Å². The Bertz CT molecular complexity index is 543. The molecule has 1 saturated carbocycles. The molecular formula is C14H15NO2S. The molecule has 1 aliphatic carbocycles. The van der Waals surface area contributed by atoms with Gasteiger partial charge in [0.25, 0.3) is 0 Å². The molecule has 4 heteroatoms. The Balaban J connectivity index is 1.88. The molecule has 1 aliphatic rings. The van der Waals surface area contributed by atoms with Gasteiger partial charge in [0.05, 0.1) is 19.4 Å². The minimum absolute atomic E-state index is 0.0405. The molecule has 0 spiro atoms. The topological polar surface area (TPSA) is 42.4 Å². The molecule has 3 nitrogen and oxygen atoms in total. The summed E-state index contributed by atoms with van der Waals surface area (Å²) in [4.78, 5) is 4.66. The maximum absolute atomic E-state index is 9.41. The first-order chi connectivity index (χ1) is 8.77. The molecule has 1 aromatic heterocycles. The number of rotatable bonds is 4. The van der Waals surface area contributed by atoms with E-state index in [0.717, 1.165) is 34.9 Å². The number of aromatic nitrogens is 1. The average Bonchev–Trinajstić information content (AvgIpc) is 3.08. The maximum atomic E-state index is 9.41. The largest absolute Gasteiger partial charge is 0.497 e. The summed E-state index contributed by atoms with van der Waals surface area (Å²) in [5.41, 5.74) is 2.10. The zero-order valence-corrected chi connectivity index (χ0v) is 11.0. The van der Waals surface area contributed by atoms with E-state index in [-0.39, 0.29) is 12.0 Å². The lowest BCUT2D eigenvalue weighted by Gasteiger charge is -2.06. The molecule has 1 N–H and O–H groups in total. The standard InChI is InChI=1S/C14H15NO2S/c1-17-11-4-2-10(3-5-11)13-15-12(8-18-13)14(9-16)6-7-14/h2-5,8,16H,6-7,9H2,1H3. The van der Waals surface area contributed by atoms with Crippen molar-refractivity contribution in [2.75, 3.05) is 13.7 Å². The Kier molecular flexibility index (Phi) is 2.84. The fourth-order valence-electron chi connectivity index (χ4n) is 2.03. The molecule has 1 heterocycles. The van der Waals surface area contributed by atoms with Crippen LogP contribution in [0.4, 0.5) is 0 Å². The van der Waals surface area contributed by atoms with Crippen molar-refractivity contribution in [2.24, 2.45) is 0 Å². The first-order valence-electron chi connectivity index (χ1n) is 5.99. The minimum atomic E-state index is -0.0405. The van der Waals surface area contributed by atoms with Crippen LogP contribution in [0.1, 0.15) is 18.5 Å². The highest BCUT2D eigenvalue weighted by molar-refractivity contribution is 7.13. The SMILES string of the molecule is COc1ccc(-c2nc(C3(CO)CC3)cs2)cc1.